The van der Waals surface area contributed by atoms with Gasteiger partial charge >= 0.3 is 12.0 Å². The lowest BCUT2D eigenvalue weighted by molar-refractivity contribution is -0.148. The standard InChI is InChI=1S/C13H19N3O4/c1-2-5-13(11(17)18)6-3-8-16(13)12(19)14-9-10-4-7-15-20-10/h4,7H,2-3,5-6,8-9H2,1H3,(H,14,19)(H,17,18). The van der Waals surface area contributed by atoms with E-state index in [2.05, 4.69) is 10.5 Å². The van der Waals surface area contributed by atoms with Crippen molar-refractivity contribution in [1.82, 2.24) is 15.4 Å². The zero-order valence-electron chi connectivity index (χ0n) is 11.5. The maximum absolute atomic E-state index is 12.2. The maximum atomic E-state index is 12.2. The molecule has 0 bridgehead atoms. The molecular weight excluding hydrogens is 262 g/mol. The lowest BCUT2D eigenvalue weighted by Crippen LogP contribution is -2.55. The highest BCUT2D eigenvalue weighted by Crippen LogP contribution is 2.34. The van der Waals surface area contributed by atoms with Crippen molar-refractivity contribution in [2.45, 2.75) is 44.7 Å². The van der Waals surface area contributed by atoms with E-state index in [1.54, 1.807) is 6.07 Å². The van der Waals surface area contributed by atoms with Crippen molar-refractivity contribution in [2.75, 3.05) is 6.54 Å². The van der Waals surface area contributed by atoms with Crippen LogP contribution in [0.1, 0.15) is 38.4 Å². The number of carbonyl (C=O) groups is 2. The summed E-state index contributed by atoms with van der Waals surface area (Å²) in [6.45, 7) is 2.60. The molecule has 1 aliphatic rings. The van der Waals surface area contributed by atoms with Crippen LogP contribution in [0, 0.1) is 0 Å². The number of carbonyl (C=O) groups excluding carboxylic acids is 1. The molecule has 1 aliphatic heterocycles. The molecule has 0 spiro atoms. The normalized spacial score (nSPS) is 21.9. The van der Waals surface area contributed by atoms with E-state index in [-0.39, 0.29) is 12.6 Å². The Morgan fingerprint density at radius 1 is 1.60 bits per heavy atom. The summed E-state index contributed by atoms with van der Waals surface area (Å²) in [4.78, 5) is 25.3. The number of amides is 2. The third-order valence-electron chi connectivity index (χ3n) is 3.70. The second-order valence-corrected chi connectivity index (χ2v) is 4.98. The third kappa shape index (κ3) is 2.61. The summed E-state index contributed by atoms with van der Waals surface area (Å²) in [7, 11) is 0. The molecule has 1 saturated heterocycles. The lowest BCUT2D eigenvalue weighted by Gasteiger charge is -2.34. The Kier molecular flexibility index (Phi) is 4.26. The Morgan fingerprint density at radius 2 is 2.40 bits per heavy atom. The minimum Gasteiger partial charge on any atom is -0.479 e. The molecule has 2 amide bonds. The van der Waals surface area contributed by atoms with Gasteiger partial charge in [-0.15, -0.1) is 0 Å². The minimum absolute atomic E-state index is 0.206. The van der Waals surface area contributed by atoms with Crippen LogP contribution in [0.2, 0.25) is 0 Å². The smallest absolute Gasteiger partial charge is 0.329 e. The second-order valence-electron chi connectivity index (χ2n) is 4.98. The fourth-order valence-corrected chi connectivity index (χ4v) is 2.77. The first-order valence-corrected chi connectivity index (χ1v) is 6.78. The van der Waals surface area contributed by atoms with Gasteiger partial charge in [-0.05, 0) is 19.3 Å². The van der Waals surface area contributed by atoms with Gasteiger partial charge in [0, 0.05) is 12.6 Å². The molecule has 1 unspecified atom stereocenters. The Labute approximate surface area is 116 Å². The fourth-order valence-electron chi connectivity index (χ4n) is 2.77. The molecule has 7 nitrogen and oxygen atoms in total. The first-order valence-electron chi connectivity index (χ1n) is 6.78. The van der Waals surface area contributed by atoms with Crippen molar-refractivity contribution < 1.29 is 19.2 Å². The number of nitrogens with zero attached hydrogens (tertiary/aromatic N) is 2. The number of hydrogen-bond acceptors (Lipinski definition) is 4. The van der Waals surface area contributed by atoms with Crippen molar-refractivity contribution in [3.8, 4) is 0 Å². The number of carboxylic acids is 1. The van der Waals surface area contributed by atoms with Crippen molar-refractivity contribution in [3.05, 3.63) is 18.0 Å². The topological polar surface area (TPSA) is 95.7 Å². The first kappa shape index (κ1) is 14.4. The molecule has 2 N–H and O–H groups in total. The van der Waals surface area contributed by atoms with E-state index in [0.717, 1.165) is 6.42 Å². The number of likely N-dealkylation sites (tertiary alicyclic amines) is 1. The zero-order chi connectivity index (χ0) is 14.6. The van der Waals surface area contributed by atoms with Gasteiger partial charge in [0.1, 0.15) is 5.54 Å². The number of carboxylic acid groups (broad SMARTS) is 1. The van der Waals surface area contributed by atoms with E-state index in [1.807, 2.05) is 6.92 Å². The van der Waals surface area contributed by atoms with E-state index in [4.69, 9.17) is 4.52 Å². The number of aromatic nitrogens is 1. The molecular formula is C13H19N3O4. The van der Waals surface area contributed by atoms with Crippen LogP contribution in [0.3, 0.4) is 0 Å². The van der Waals surface area contributed by atoms with Gasteiger partial charge in [-0.2, -0.15) is 0 Å². The summed E-state index contributed by atoms with van der Waals surface area (Å²) in [6.07, 6.45) is 3.90. The molecule has 1 aromatic rings. The number of rotatable bonds is 5. The van der Waals surface area contributed by atoms with Gasteiger partial charge in [-0.1, -0.05) is 18.5 Å². The zero-order valence-corrected chi connectivity index (χ0v) is 11.5. The van der Waals surface area contributed by atoms with Crippen molar-refractivity contribution in [2.24, 2.45) is 0 Å². The highest BCUT2D eigenvalue weighted by Gasteiger charge is 2.49. The summed E-state index contributed by atoms with van der Waals surface area (Å²) >= 11 is 0. The number of hydrogen-bond donors (Lipinski definition) is 2. The van der Waals surface area contributed by atoms with Crippen LogP contribution in [-0.4, -0.2) is 39.2 Å². The molecule has 20 heavy (non-hydrogen) atoms. The average Bonchev–Trinajstić information content (AvgIpc) is 3.06. The Bertz CT molecular complexity index is 474. The maximum Gasteiger partial charge on any atom is 0.329 e. The van der Waals surface area contributed by atoms with Crippen molar-refractivity contribution in [3.63, 3.8) is 0 Å². The van der Waals surface area contributed by atoms with E-state index < -0.39 is 11.5 Å². The van der Waals surface area contributed by atoms with Gasteiger partial charge < -0.3 is 19.8 Å². The number of aliphatic carboxylic acids is 1. The van der Waals surface area contributed by atoms with Crippen LogP contribution in [0.25, 0.3) is 0 Å². The molecule has 1 atom stereocenters. The van der Waals surface area contributed by atoms with Gasteiger partial charge in [-0.25, -0.2) is 9.59 Å². The van der Waals surface area contributed by atoms with Crippen molar-refractivity contribution >= 4 is 12.0 Å². The summed E-state index contributed by atoms with van der Waals surface area (Å²) in [5.41, 5.74) is -1.07. The van der Waals surface area contributed by atoms with E-state index in [1.165, 1.54) is 11.1 Å². The quantitative estimate of drug-likeness (QED) is 0.854. The number of nitrogens with one attached hydrogen (secondary N) is 1. The molecule has 0 aliphatic carbocycles. The molecule has 0 saturated carbocycles. The Morgan fingerprint density at radius 3 is 3.00 bits per heavy atom. The minimum atomic E-state index is -1.07. The molecule has 110 valence electrons. The monoisotopic (exact) mass is 281 g/mol. The average molecular weight is 281 g/mol. The molecule has 7 heteroatoms. The molecule has 2 rings (SSSR count). The molecule has 2 heterocycles. The summed E-state index contributed by atoms with van der Waals surface area (Å²) in [6, 6.07) is 1.29. The molecule has 1 aromatic heterocycles. The first-order chi connectivity index (χ1) is 9.60. The van der Waals surface area contributed by atoms with Gasteiger partial charge in [0.05, 0.1) is 12.7 Å². The van der Waals surface area contributed by atoms with Crippen LogP contribution in [0.5, 0.6) is 0 Å². The van der Waals surface area contributed by atoms with Gasteiger partial charge in [0.15, 0.2) is 5.76 Å². The van der Waals surface area contributed by atoms with Crippen LogP contribution in [0.4, 0.5) is 4.79 Å². The Hall–Kier alpha value is -2.05. The van der Waals surface area contributed by atoms with Crippen LogP contribution >= 0.6 is 0 Å². The van der Waals surface area contributed by atoms with Gasteiger partial charge in [0.25, 0.3) is 0 Å². The number of urea groups is 1. The SMILES string of the molecule is CCCC1(C(=O)O)CCCN1C(=O)NCc1ccno1. The highest BCUT2D eigenvalue weighted by atomic mass is 16.5. The molecule has 1 fully saturated rings. The Balaban J connectivity index is 2.05. The predicted octanol–water partition coefficient (Wildman–Crippen LogP) is 1.60. The highest BCUT2D eigenvalue weighted by molar-refractivity contribution is 5.87. The third-order valence-corrected chi connectivity index (χ3v) is 3.70. The van der Waals surface area contributed by atoms with Crippen LogP contribution in [-0.2, 0) is 11.3 Å². The van der Waals surface area contributed by atoms with Crippen molar-refractivity contribution in [1.29, 1.82) is 0 Å². The van der Waals surface area contributed by atoms with E-state index in [0.29, 0.717) is 31.6 Å². The second kappa shape index (κ2) is 5.94. The van der Waals surface area contributed by atoms with Gasteiger partial charge in [0.2, 0.25) is 0 Å². The summed E-state index contributed by atoms with van der Waals surface area (Å²) < 4.78 is 4.89. The van der Waals surface area contributed by atoms with Crippen LogP contribution < -0.4 is 5.32 Å². The summed E-state index contributed by atoms with van der Waals surface area (Å²) in [5.74, 6) is -0.388. The molecule has 0 aromatic carbocycles. The summed E-state index contributed by atoms with van der Waals surface area (Å²) in [5, 5.41) is 15.8. The fraction of sp³-hybridized carbons (Fsp3) is 0.615. The van der Waals surface area contributed by atoms with E-state index >= 15 is 0 Å². The van der Waals surface area contributed by atoms with Gasteiger partial charge in [-0.3, -0.25) is 0 Å². The largest absolute Gasteiger partial charge is 0.479 e. The van der Waals surface area contributed by atoms with E-state index in [9.17, 15) is 14.7 Å². The molecule has 0 radical (unpaired) electrons. The lowest BCUT2D eigenvalue weighted by atomic mass is 9.91. The predicted molar refractivity (Wildman–Crippen MR) is 70.0 cm³/mol. The van der Waals surface area contributed by atoms with Crippen LogP contribution in [0.15, 0.2) is 16.8 Å².